The van der Waals surface area contributed by atoms with Gasteiger partial charge in [0.05, 0.1) is 6.10 Å². The molecule has 0 unspecified atom stereocenters. The largest absolute Gasteiger partial charge is 0.393 e. The number of carbonyl (C=O) groups is 1. The Balaban J connectivity index is 1.56. The predicted octanol–water partition coefficient (Wildman–Crippen LogP) is 5.35. The van der Waals surface area contributed by atoms with Crippen molar-refractivity contribution < 1.29 is 9.90 Å². The highest BCUT2D eigenvalue weighted by Gasteiger charge is 2.61. The van der Waals surface area contributed by atoms with Crippen LogP contribution in [0, 0.1) is 34.5 Å². The Labute approximate surface area is 169 Å². The van der Waals surface area contributed by atoms with Gasteiger partial charge in [0.1, 0.15) is 0 Å². The Morgan fingerprint density at radius 1 is 1.04 bits per heavy atom. The van der Waals surface area contributed by atoms with Crippen LogP contribution in [0.2, 0.25) is 0 Å². The molecule has 4 aliphatic carbocycles. The molecule has 0 saturated heterocycles. The third-order valence-corrected chi connectivity index (χ3v) is 9.43. The second-order valence-corrected chi connectivity index (χ2v) is 10.6. The van der Waals surface area contributed by atoms with Gasteiger partial charge in [0.25, 0.3) is 0 Å². The summed E-state index contributed by atoms with van der Waals surface area (Å²) in [6.07, 6.45) is 10.3. The van der Waals surface area contributed by atoms with Crippen molar-refractivity contribution in [2.75, 3.05) is 0 Å². The molecular weight excluding hydrogens is 344 g/mol. The van der Waals surface area contributed by atoms with Gasteiger partial charge in [0.15, 0.2) is 5.78 Å². The zero-order valence-electron chi connectivity index (χ0n) is 17.4. The molecule has 2 nitrogen and oxygen atoms in total. The fraction of sp³-hybridized carbons (Fsp3) is 0.654. The van der Waals surface area contributed by atoms with E-state index < -0.39 is 0 Å². The van der Waals surface area contributed by atoms with Crippen molar-refractivity contribution in [3.63, 3.8) is 0 Å². The van der Waals surface area contributed by atoms with E-state index >= 15 is 0 Å². The molecule has 0 radical (unpaired) electrons. The second kappa shape index (κ2) is 6.55. The van der Waals surface area contributed by atoms with Crippen molar-refractivity contribution in [2.24, 2.45) is 34.5 Å². The number of allylic oxidation sites excluding steroid dienone is 1. The zero-order chi connectivity index (χ0) is 19.5. The standard InChI is InChI=1S/C26H34O2/c1-25-12-10-20(27)16-19(25)15-18(14-17-6-4-3-5-7-17)24-21-8-9-23(28)26(21,2)13-11-22(24)25/h3-7,16,18,21-24,28H,8-15H2,1-2H3/t18-,21-,22-,23-,24-,25-,26-/m0/s1. The summed E-state index contributed by atoms with van der Waals surface area (Å²) in [6.45, 7) is 4.82. The number of benzene rings is 1. The van der Waals surface area contributed by atoms with Crippen molar-refractivity contribution in [1.29, 1.82) is 0 Å². The number of hydrogen-bond donors (Lipinski definition) is 1. The maximum absolute atomic E-state index is 12.3. The Morgan fingerprint density at radius 3 is 2.61 bits per heavy atom. The monoisotopic (exact) mass is 378 g/mol. The minimum atomic E-state index is -0.131. The Morgan fingerprint density at radius 2 is 1.82 bits per heavy atom. The molecule has 1 aromatic carbocycles. The second-order valence-electron chi connectivity index (χ2n) is 10.6. The molecule has 0 spiro atoms. The van der Waals surface area contributed by atoms with Crippen LogP contribution >= 0.6 is 0 Å². The molecule has 3 fully saturated rings. The highest BCUT2D eigenvalue weighted by molar-refractivity contribution is 5.91. The van der Waals surface area contributed by atoms with Gasteiger partial charge in [0.2, 0.25) is 0 Å². The van der Waals surface area contributed by atoms with E-state index in [1.807, 2.05) is 6.08 Å². The first kappa shape index (κ1) is 18.6. The topological polar surface area (TPSA) is 37.3 Å². The van der Waals surface area contributed by atoms with Crippen molar-refractivity contribution in [3.8, 4) is 0 Å². The quantitative estimate of drug-likeness (QED) is 0.753. The molecule has 0 heterocycles. The molecule has 28 heavy (non-hydrogen) atoms. The average molecular weight is 379 g/mol. The molecule has 150 valence electrons. The maximum atomic E-state index is 12.3. The van der Waals surface area contributed by atoms with E-state index in [2.05, 4.69) is 44.2 Å². The fourth-order valence-electron chi connectivity index (χ4n) is 7.80. The fourth-order valence-corrected chi connectivity index (χ4v) is 7.80. The lowest BCUT2D eigenvalue weighted by Gasteiger charge is -2.60. The molecule has 0 bridgehead atoms. The van der Waals surface area contributed by atoms with Gasteiger partial charge in [-0.1, -0.05) is 49.8 Å². The van der Waals surface area contributed by atoms with E-state index in [9.17, 15) is 9.90 Å². The number of hydrogen-bond acceptors (Lipinski definition) is 2. The number of rotatable bonds is 2. The first-order valence-corrected chi connectivity index (χ1v) is 11.4. The van der Waals surface area contributed by atoms with Crippen LogP contribution in [0.4, 0.5) is 0 Å². The third-order valence-electron chi connectivity index (χ3n) is 9.43. The molecule has 3 saturated carbocycles. The molecular formula is C26H34O2. The minimum absolute atomic E-state index is 0.0954. The van der Waals surface area contributed by atoms with Crippen LogP contribution in [0.5, 0.6) is 0 Å². The van der Waals surface area contributed by atoms with Gasteiger partial charge in [-0.3, -0.25) is 4.79 Å². The number of fused-ring (bicyclic) bond motifs is 5. The van der Waals surface area contributed by atoms with Crippen LogP contribution in [-0.4, -0.2) is 17.0 Å². The maximum Gasteiger partial charge on any atom is 0.155 e. The molecule has 0 amide bonds. The third kappa shape index (κ3) is 2.67. The summed E-state index contributed by atoms with van der Waals surface area (Å²) in [6, 6.07) is 10.9. The summed E-state index contributed by atoms with van der Waals surface area (Å²) in [7, 11) is 0. The van der Waals surface area contributed by atoms with Crippen LogP contribution < -0.4 is 0 Å². The molecule has 0 aromatic heterocycles. The molecule has 2 heteroatoms. The summed E-state index contributed by atoms with van der Waals surface area (Å²) in [5.41, 5.74) is 3.15. The summed E-state index contributed by atoms with van der Waals surface area (Å²) in [5, 5.41) is 10.8. The van der Waals surface area contributed by atoms with Gasteiger partial charge in [-0.05, 0) is 91.1 Å². The van der Waals surface area contributed by atoms with Crippen LogP contribution in [0.1, 0.15) is 64.4 Å². The Kier molecular flexibility index (Phi) is 4.36. The van der Waals surface area contributed by atoms with Gasteiger partial charge in [-0.2, -0.15) is 0 Å². The van der Waals surface area contributed by atoms with Gasteiger partial charge < -0.3 is 5.11 Å². The van der Waals surface area contributed by atoms with Crippen LogP contribution in [0.25, 0.3) is 0 Å². The smallest absolute Gasteiger partial charge is 0.155 e. The van der Waals surface area contributed by atoms with Crippen molar-refractivity contribution in [2.45, 2.75) is 71.3 Å². The van der Waals surface area contributed by atoms with E-state index in [0.29, 0.717) is 29.5 Å². The SMILES string of the molecule is C[C@]12CC[C@H]3[C@@H]([C@@H](Cc4ccccc4)CC4=CC(=O)CC[C@@]43C)[C@@H]1CC[C@@H]2O. The summed E-state index contributed by atoms with van der Waals surface area (Å²) < 4.78 is 0. The number of ketones is 1. The number of aliphatic hydroxyl groups is 1. The first-order valence-electron chi connectivity index (χ1n) is 11.4. The van der Waals surface area contributed by atoms with Crippen LogP contribution in [0.15, 0.2) is 42.0 Å². The molecule has 1 N–H and O–H groups in total. The van der Waals surface area contributed by atoms with E-state index in [-0.39, 0.29) is 16.9 Å². The van der Waals surface area contributed by atoms with Gasteiger partial charge in [-0.25, -0.2) is 0 Å². The highest BCUT2D eigenvalue weighted by Crippen LogP contribution is 2.66. The summed E-state index contributed by atoms with van der Waals surface area (Å²) in [4.78, 5) is 12.3. The van der Waals surface area contributed by atoms with E-state index in [0.717, 1.165) is 38.5 Å². The van der Waals surface area contributed by atoms with Crippen molar-refractivity contribution in [1.82, 2.24) is 0 Å². The number of aliphatic hydroxyl groups excluding tert-OH is 1. The molecule has 7 atom stereocenters. The highest BCUT2D eigenvalue weighted by atomic mass is 16.3. The number of carbonyl (C=O) groups excluding carboxylic acids is 1. The predicted molar refractivity (Wildman–Crippen MR) is 112 cm³/mol. The van der Waals surface area contributed by atoms with Crippen LogP contribution in [-0.2, 0) is 11.2 Å². The first-order chi connectivity index (χ1) is 13.4. The minimum Gasteiger partial charge on any atom is -0.393 e. The van der Waals surface area contributed by atoms with E-state index in [4.69, 9.17) is 0 Å². The summed E-state index contributed by atoms with van der Waals surface area (Å²) >= 11 is 0. The van der Waals surface area contributed by atoms with Gasteiger partial charge in [-0.15, -0.1) is 0 Å². The Bertz CT molecular complexity index is 796. The summed E-state index contributed by atoms with van der Waals surface area (Å²) in [5.74, 6) is 2.89. The lowest BCUT2D eigenvalue weighted by molar-refractivity contribution is -0.120. The van der Waals surface area contributed by atoms with Crippen molar-refractivity contribution >= 4 is 5.78 Å². The molecule has 0 aliphatic heterocycles. The van der Waals surface area contributed by atoms with E-state index in [1.54, 1.807) is 0 Å². The zero-order valence-corrected chi connectivity index (χ0v) is 17.4. The average Bonchev–Trinajstić information content (AvgIpc) is 2.99. The lowest BCUT2D eigenvalue weighted by atomic mass is 9.44. The lowest BCUT2D eigenvalue weighted by Crippen LogP contribution is -2.54. The van der Waals surface area contributed by atoms with Crippen molar-refractivity contribution in [3.05, 3.63) is 47.5 Å². The Hall–Kier alpha value is -1.41. The van der Waals surface area contributed by atoms with Gasteiger partial charge in [0, 0.05) is 6.42 Å². The van der Waals surface area contributed by atoms with Crippen LogP contribution in [0.3, 0.4) is 0 Å². The molecule has 5 rings (SSSR count). The normalized spacial score (nSPS) is 45.0. The van der Waals surface area contributed by atoms with E-state index in [1.165, 1.54) is 24.0 Å². The molecule has 4 aliphatic rings. The van der Waals surface area contributed by atoms with Gasteiger partial charge >= 0.3 is 0 Å². The molecule has 1 aromatic rings.